The fourth-order valence-electron chi connectivity index (χ4n) is 2.65. The van der Waals surface area contributed by atoms with E-state index >= 15 is 0 Å². The Labute approximate surface area is 105 Å². The maximum Gasteiger partial charge on any atom is 0.112 e. The molecule has 0 saturated carbocycles. The van der Waals surface area contributed by atoms with Crippen molar-refractivity contribution in [3.8, 4) is 0 Å². The van der Waals surface area contributed by atoms with E-state index in [-0.39, 0.29) is 12.0 Å². The van der Waals surface area contributed by atoms with E-state index < -0.39 is 6.23 Å². The van der Waals surface area contributed by atoms with Crippen LogP contribution in [-0.2, 0) is 9.47 Å². The van der Waals surface area contributed by atoms with Gasteiger partial charge in [0.05, 0.1) is 12.7 Å². The topological polar surface area (TPSA) is 41.9 Å². The number of nitrogens with zero attached hydrogens (tertiary/aromatic N) is 1. The Morgan fingerprint density at radius 3 is 2.53 bits per heavy atom. The highest BCUT2D eigenvalue weighted by atomic mass is 16.5. The third-order valence-corrected chi connectivity index (χ3v) is 4.03. The lowest BCUT2D eigenvalue weighted by Gasteiger charge is -2.33. The van der Waals surface area contributed by atoms with Crippen LogP contribution in [0, 0.1) is 11.8 Å². The van der Waals surface area contributed by atoms with Gasteiger partial charge in [-0.05, 0) is 26.2 Å². The minimum absolute atomic E-state index is 0.0682. The van der Waals surface area contributed by atoms with E-state index in [0.717, 1.165) is 19.6 Å². The van der Waals surface area contributed by atoms with Gasteiger partial charge >= 0.3 is 0 Å². The average molecular weight is 245 g/mol. The molecule has 0 aliphatic carbocycles. The average Bonchev–Trinajstić information content (AvgIpc) is 2.68. The smallest absolute Gasteiger partial charge is 0.112 e. The first kappa shape index (κ1) is 14.9. The van der Waals surface area contributed by atoms with Crippen molar-refractivity contribution in [1.82, 2.24) is 4.90 Å². The van der Waals surface area contributed by atoms with Gasteiger partial charge in [-0.25, -0.2) is 0 Å². The number of aliphatic hydroxyl groups is 1. The van der Waals surface area contributed by atoms with E-state index in [2.05, 4.69) is 11.8 Å². The zero-order valence-electron chi connectivity index (χ0n) is 11.7. The Morgan fingerprint density at radius 1 is 1.35 bits per heavy atom. The normalized spacial score (nSPS) is 31.4. The molecule has 1 saturated heterocycles. The second kappa shape index (κ2) is 6.69. The highest BCUT2D eigenvalue weighted by Gasteiger charge is 2.36. The fourth-order valence-corrected chi connectivity index (χ4v) is 2.65. The molecule has 0 aromatic rings. The lowest BCUT2D eigenvalue weighted by molar-refractivity contribution is -0.0832. The Kier molecular flexibility index (Phi) is 5.86. The number of ether oxygens (including phenoxy) is 2. The molecule has 0 amide bonds. The number of rotatable bonds is 6. The van der Waals surface area contributed by atoms with Gasteiger partial charge in [0.15, 0.2) is 0 Å². The minimum atomic E-state index is -0.429. The van der Waals surface area contributed by atoms with Gasteiger partial charge in [0.25, 0.3) is 0 Å². The van der Waals surface area contributed by atoms with Crippen molar-refractivity contribution in [2.45, 2.75) is 45.6 Å². The predicted octanol–water partition coefficient (Wildman–Crippen LogP) is 1.33. The summed E-state index contributed by atoms with van der Waals surface area (Å²) in [6, 6.07) is 0.414. The molecule has 1 heterocycles. The van der Waals surface area contributed by atoms with Crippen molar-refractivity contribution in [2.24, 2.45) is 11.8 Å². The summed E-state index contributed by atoms with van der Waals surface area (Å²) in [4.78, 5) is 2.17. The zero-order chi connectivity index (χ0) is 13.0. The number of likely N-dealkylation sites (tertiary alicyclic amines) is 1. The molecule has 1 fully saturated rings. The molecule has 0 radical (unpaired) electrons. The van der Waals surface area contributed by atoms with Crippen molar-refractivity contribution < 1.29 is 14.6 Å². The van der Waals surface area contributed by atoms with Crippen LogP contribution in [0.25, 0.3) is 0 Å². The van der Waals surface area contributed by atoms with Crippen LogP contribution in [0.4, 0.5) is 0 Å². The first-order valence-corrected chi connectivity index (χ1v) is 6.46. The van der Waals surface area contributed by atoms with Gasteiger partial charge in [0, 0.05) is 32.7 Å². The van der Waals surface area contributed by atoms with Crippen LogP contribution in [0.3, 0.4) is 0 Å². The molecular formula is C13H27NO3. The van der Waals surface area contributed by atoms with E-state index in [1.807, 2.05) is 13.8 Å². The van der Waals surface area contributed by atoms with Crippen molar-refractivity contribution in [3.63, 3.8) is 0 Å². The largest absolute Gasteiger partial charge is 0.384 e. The summed E-state index contributed by atoms with van der Waals surface area (Å²) >= 11 is 0. The van der Waals surface area contributed by atoms with Gasteiger partial charge in [0.1, 0.15) is 6.23 Å². The maximum atomic E-state index is 10.4. The molecule has 4 nitrogen and oxygen atoms in total. The van der Waals surface area contributed by atoms with E-state index in [4.69, 9.17) is 9.47 Å². The summed E-state index contributed by atoms with van der Waals surface area (Å²) in [5.74, 6) is 0.651. The number of methoxy groups -OCH3 is 2. The number of hydrogen-bond donors (Lipinski definition) is 1. The van der Waals surface area contributed by atoms with Crippen LogP contribution >= 0.6 is 0 Å². The second-order valence-corrected chi connectivity index (χ2v) is 5.32. The molecule has 0 aromatic heterocycles. The quantitative estimate of drug-likeness (QED) is 0.766. The Morgan fingerprint density at radius 2 is 2.00 bits per heavy atom. The lowest BCUT2D eigenvalue weighted by Crippen LogP contribution is -2.45. The van der Waals surface area contributed by atoms with Crippen molar-refractivity contribution in [1.29, 1.82) is 0 Å². The van der Waals surface area contributed by atoms with Gasteiger partial charge < -0.3 is 14.6 Å². The summed E-state index contributed by atoms with van der Waals surface area (Å²) in [5, 5.41) is 10.4. The van der Waals surface area contributed by atoms with Crippen molar-refractivity contribution >= 4 is 0 Å². The number of hydrogen-bond acceptors (Lipinski definition) is 4. The van der Waals surface area contributed by atoms with Gasteiger partial charge in [-0.3, -0.25) is 4.90 Å². The van der Waals surface area contributed by atoms with Gasteiger partial charge in [-0.2, -0.15) is 0 Å². The first-order chi connectivity index (χ1) is 8.01. The summed E-state index contributed by atoms with van der Waals surface area (Å²) in [5.41, 5.74) is 0. The molecular weight excluding hydrogens is 218 g/mol. The van der Waals surface area contributed by atoms with Gasteiger partial charge in [-0.1, -0.05) is 6.92 Å². The van der Waals surface area contributed by atoms with Gasteiger partial charge in [0.2, 0.25) is 0 Å². The highest BCUT2D eigenvalue weighted by molar-refractivity contribution is 4.86. The molecule has 0 spiro atoms. The molecule has 17 heavy (non-hydrogen) atoms. The maximum absolute atomic E-state index is 10.4. The number of aliphatic hydroxyl groups excluding tert-OH is 1. The van der Waals surface area contributed by atoms with E-state index in [0.29, 0.717) is 12.0 Å². The molecule has 0 bridgehead atoms. The van der Waals surface area contributed by atoms with Crippen LogP contribution in [0.1, 0.15) is 27.2 Å². The Hall–Kier alpha value is -0.160. The van der Waals surface area contributed by atoms with E-state index in [9.17, 15) is 5.11 Å². The van der Waals surface area contributed by atoms with Crippen LogP contribution in [-0.4, -0.2) is 55.8 Å². The molecule has 1 rings (SSSR count). The summed E-state index contributed by atoms with van der Waals surface area (Å²) < 4.78 is 10.5. The standard InChI is InChI=1S/C13H27NO3/c1-9-6-12(8-16-4)7-14(9)13(15)10(2)11(3)17-5/h9-13,15H,6-8H2,1-5H3/t9-,10?,11?,12?,13?/m1/s1. The van der Waals surface area contributed by atoms with Gasteiger partial charge in [-0.15, -0.1) is 0 Å². The van der Waals surface area contributed by atoms with Crippen LogP contribution in [0.15, 0.2) is 0 Å². The highest BCUT2D eigenvalue weighted by Crippen LogP contribution is 2.28. The van der Waals surface area contributed by atoms with Crippen LogP contribution in [0.5, 0.6) is 0 Å². The SMILES string of the molecule is COCC1C[C@@H](C)N(C(O)C(C)C(C)OC)C1. The Bertz CT molecular complexity index is 225. The monoisotopic (exact) mass is 245 g/mol. The third-order valence-electron chi connectivity index (χ3n) is 4.03. The Balaban J connectivity index is 2.54. The van der Waals surface area contributed by atoms with E-state index in [1.54, 1.807) is 14.2 Å². The minimum Gasteiger partial charge on any atom is -0.384 e. The molecule has 102 valence electrons. The predicted molar refractivity (Wildman–Crippen MR) is 67.8 cm³/mol. The molecule has 0 aromatic carbocycles. The molecule has 5 atom stereocenters. The van der Waals surface area contributed by atoms with Crippen molar-refractivity contribution in [3.05, 3.63) is 0 Å². The van der Waals surface area contributed by atoms with Crippen LogP contribution < -0.4 is 0 Å². The van der Waals surface area contributed by atoms with E-state index in [1.165, 1.54) is 0 Å². The molecule has 1 N–H and O–H groups in total. The summed E-state index contributed by atoms with van der Waals surface area (Å²) in [6.45, 7) is 7.90. The summed E-state index contributed by atoms with van der Waals surface area (Å²) in [7, 11) is 3.43. The first-order valence-electron chi connectivity index (χ1n) is 6.46. The molecule has 1 aliphatic heterocycles. The van der Waals surface area contributed by atoms with Crippen LogP contribution in [0.2, 0.25) is 0 Å². The van der Waals surface area contributed by atoms with Crippen molar-refractivity contribution in [2.75, 3.05) is 27.4 Å². The second-order valence-electron chi connectivity index (χ2n) is 5.32. The molecule has 4 unspecified atom stereocenters. The zero-order valence-corrected chi connectivity index (χ0v) is 11.7. The molecule has 1 aliphatic rings. The molecule has 4 heteroatoms. The third kappa shape index (κ3) is 3.65. The summed E-state index contributed by atoms with van der Waals surface area (Å²) in [6.07, 6.45) is 0.736. The lowest BCUT2D eigenvalue weighted by atomic mass is 10.0. The fraction of sp³-hybridized carbons (Fsp3) is 1.00.